The minimum absolute atomic E-state index is 0.0406. The van der Waals surface area contributed by atoms with Gasteiger partial charge in [0.2, 0.25) is 0 Å². The Bertz CT molecular complexity index is 380. The fourth-order valence-electron chi connectivity index (χ4n) is 1.78. The van der Waals surface area contributed by atoms with Gasteiger partial charge < -0.3 is 0 Å². The molecule has 0 aromatic carbocycles. The lowest BCUT2D eigenvalue weighted by Crippen LogP contribution is -2.85. The SMILES string of the molecule is C=C(C)C1=C(CCC=NC(C)C)N(C)C(=O)[NH2+]1. The summed E-state index contributed by atoms with van der Waals surface area (Å²) in [6.45, 7) is 9.94. The Morgan fingerprint density at radius 1 is 1.59 bits per heavy atom. The van der Waals surface area contributed by atoms with Crippen LogP contribution in [0.15, 0.2) is 28.5 Å². The molecule has 0 radical (unpaired) electrons. The first kappa shape index (κ1) is 13.6. The molecule has 0 saturated heterocycles. The van der Waals surface area contributed by atoms with Gasteiger partial charge in [0.1, 0.15) is 0 Å². The molecule has 2 amide bonds. The van der Waals surface area contributed by atoms with Crippen LogP contribution < -0.4 is 5.32 Å². The zero-order valence-electron chi connectivity index (χ0n) is 11.2. The Kier molecular flexibility index (Phi) is 4.63. The second kappa shape index (κ2) is 5.77. The van der Waals surface area contributed by atoms with E-state index in [0.29, 0.717) is 6.04 Å². The highest BCUT2D eigenvalue weighted by atomic mass is 16.2. The monoisotopic (exact) mass is 236 g/mol. The van der Waals surface area contributed by atoms with Crippen LogP contribution in [0, 0.1) is 0 Å². The van der Waals surface area contributed by atoms with Crippen molar-refractivity contribution >= 4 is 12.2 Å². The summed E-state index contributed by atoms with van der Waals surface area (Å²) in [5.74, 6) is 0. The molecule has 2 N–H and O–H groups in total. The van der Waals surface area contributed by atoms with Gasteiger partial charge >= 0.3 is 6.03 Å². The highest BCUT2D eigenvalue weighted by Gasteiger charge is 2.31. The summed E-state index contributed by atoms with van der Waals surface area (Å²) in [4.78, 5) is 17.6. The van der Waals surface area contributed by atoms with Gasteiger partial charge in [-0.05, 0) is 39.8 Å². The molecule has 1 aliphatic heterocycles. The van der Waals surface area contributed by atoms with Crippen molar-refractivity contribution < 1.29 is 10.1 Å². The molecule has 17 heavy (non-hydrogen) atoms. The van der Waals surface area contributed by atoms with Crippen LogP contribution in [0.5, 0.6) is 0 Å². The van der Waals surface area contributed by atoms with Gasteiger partial charge in [0, 0.05) is 18.7 Å². The number of urea groups is 1. The molecule has 1 aliphatic rings. The van der Waals surface area contributed by atoms with Crippen LogP contribution in [-0.4, -0.2) is 30.2 Å². The van der Waals surface area contributed by atoms with Crippen molar-refractivity contribution in [1.29, 1.82) is 0 Å². The van der Waals surface area contributed by atoms with E-state index in [4.69, 9.17) is 0 Å². The molecule has 0 bridgehead atoms. The number of nitrogens with two attached hydrogens (primary N) is 1. The van der Waals surface area contributed by atoms with Gasteiger partial charge in [0.05, 0.1) is 5.70 Å². The molecule has 0 unspecified atom stereocenters. The molecule has 0 aliphatic carbocycles. The predicted octanol–water partition coefficient (Wildman–Crippen LogP) is 1.66. The van der Waals surface area contributed by atoms with E-state index in [0.717, 1.165) is 29.8 Å². The van der Waals surface area contributed by atoms with Crippen LogP contribution in [-0.2, 0) is 0 Å². The van der Waals surface area contributed by atoms with Gasteiger partial charge in [-0.15, -0.1) is 0 Å². The molecule has 0 aromatic heterocycles. The van der Waals surface area contributed by atoms with E-state index < -0.39 is 0 Å². The maximum atomic E-state index is 11.6. The summed E-state index contributed by atoms with van der Waals surface area (Å²) in [5, 5.41) is 1.66. The van der Waals surface area contributed by atoms with Gasteiger partial charge in [0.15, 0.2) is 5.70 Å². The molecule has 1 heterocycles. The quantitative estimate of drug-likeness (QED) is 0.725. The number of allylic oxidation sites excluding steroid dienone is 2. The fraction of sp³-hybridized carbons (Fsp3) is 0.538. The van der Waals surface area contributed by atoms with Gasteiger partial charge in [-0.1, -0.05) is 6.58 Å². The fourth-order valence-corrected chi connectivity index (χ4v) is 1.78. The maximum absolute atomic E-state index is 11.6. The van der Waals surface area contributed by atoms with Crippen molar-refractivity contribution in [3.63, 3.8) is 0 Å². The van der Waals surface area contributed by atoms with Crippen LogP contribution in [0.4, 0.5) is 4.79 Å². The summed E-state index contributed by atoms with van der Waals surface area (Å²) in [6, 6.07) is 0.373. The molecular weight excluding hydrogens is 214 g/mol. The van der Waals surface area contributed by atoms with Gasteiger partial charge in [0.25, 0.3) is 0 Å². The molecule has 4 heteroatoms. The Hall–Kier alpha value is -1.42. The minimum atomic E-state index is 0.0406. The van der Waals surface area contributed by atoms with Crippen LogP contribution in [0.2, 0.25) is 0 Å². The Balaban J connectivity index is 2.68. The van der Waals surface area contributed by atoms with Crippen molar-refractivity contribution in [2.75, 3.05) is 7.05 Å². The highest BCUT2D eigenvalue weighted by molar-refractivity contribution is 5.71. The molecule has 0 fully saturated rings. The molecule has 4 nitrogen and oxygen atoms in total. The largest absolute Gasteiger partial charge is 0.425 e. The lowest BCUT2D eigenvalue weighted by molar-refractivity contribution is -0.495. The molecular formula is C13H22N3O+. The highest BCUT2D eigenvalue weighted by Crippen LogP contribution is 2.18. The third-order valence-corrected chi connectivity index (χ3v) is 2.69. The third kappa shape index (κ3) is 3.53. The van der Waals surface area contributed by atoms with Gasteiger partial charge in [-0.3, -0.25) is 9.89 Å². The number of quaternary nitrogens is 1. The number of hydrogen-bond acceptors (Lipinski definition) is 2. The zero-order chi connectivity index (χ0) is 13.0. The zero-order valence-corrected chi connectivity index (χ0v) is 11.2. The Labute approximate surface area is 103 Å². The number of amides is 2. The summed E-state index contributed by atoms with van der Waals surface area (Å²) in [7, 11) is 1.81. The summed E-state index contributed by atoms with van der Waals surface area (Å²) < 4.78 is 0. The molecule has 0 saturated carbocycles. The number of nitrogens with zero attached hydrogens (tertiary/aromatic N) is 2. The van der Waals surface area contributed by atoms with E-state index in [9.17, 15) is 4.79 Å². The first-order chi connectivity index (χ1) is 7.93. The topological polar surface area (TPSA) is 49.3 Å². The van der Waals surface area contributed by atoms with Gasteiger partial charge in [-0.2, -0.15) is 0 Å². The number of aliphatic imine (C=N–C) groups is 1. The van der Waals surface area contributed by atoms with E-state index in [-0.39, 0.29) is 6.03 Å². The van der Waals surface area contributed by atoms with Gasteiger partial charge in [-0.25, -0.2) is 10.1 Å². The number of hydrogen-bond donors (Lipinski definition) is 1. The maximum Gasteiger partial charge on any atom is 0.425 e. The average Bonchev–Trinajstić information content (AvgIpc) is 2.51. The smallest absolute Gasteiger partial charge is 0.295 e. The van der Waals surface area contributed by atoms with Crippen LogP contribution in [0.3, 0.4) is 0 Å². The normalized spacial score (nSPS) is 16.8. The lowest BCUT2D eigenvalue weighted by atomic mass is 10.1. The van der Waals surface area contributed by atoms with E-state index in [1.165, 1.54) is 0 Å². The second-order valence-corrected chi connectivity index (χ2v) is 4.65. The van der Waals surface area contributed by atoms with Crippen molar-refractivity contribution in [3.05, 3.63) is 23.5 Å². The number of carbonyl (C=O) groups excluding carboxylic acids is 1. The summed E-state index contributed by atoms with van der Waals surface area (Å²) in [5.41, 5.74) is 2.98. The van der Waals surface area contributed by atoms with Crippen LogP contribution >= 0.6 is 0 Å². The first-order valence-corrected chi connectivity index (χ1v) is 5.96. The predicted molar refractivity (Wildman–Crippen MR) is 69.8 cm³/mol. The Morgan fingerprint density at radius 2 is 2.24 bits per heavy atom. The molecule has 1 rings (SSSR count). The van der Waals surface area contributed by atoms with E-state index in [2.05, 4.69) is 11.6 Å². The number of primary amides is 1. The van der Waals surface area contributed by atoms with Crippen molar-refractivity contribution in [3.8, 4) is 0 Å². The molecule has 0 spiro atoms. The summed E-state index contributed by atoms with van der Waals surface area (Å²) >= 11 is 0. The van der Waals surface area contributed by atoms with Crippen LogP contribution in [0.1, 0.15) is 33.6 Å². The van der Waals surface area contributed by atoms with Crippen molar-refractivity contribution in [1.82, 2.24) is 4.90 Å². The van der Waals surface area contributed by atoms with Crippen LogP contribution in [0.25, 0.3) is 0 Å². The number of rotatable bonds is 5. The molecule has 0 atom stereocenters. The first-order valence-electron chi connectivity index (χ1n) is 5.96. The Morgan fingerprint density at radius 3 is 2.76 bits per heavy atom. The molecule has 94 valence electrons. The lowest BCUT2D eigenvalue weighted by Gasteiger charge is -2.08. The van der Waals surface area contributed by atoms with E-state index >= 15 is 0 Å². The van der Waals surface area contributed by atoms with E-state index in [1.54, 1.807) is 10.2 Å². The molecule has 0 aromatic rings. The van der Waals surface area contributed by atoms with Crippen molar-refractivity contribution in [2.45, 2.75) is 39.7 Å². The summed E-state index contributed by atoms with van der Waals surface area (Å²) in [6.07, 6.45) is 3.62. The van der Waals surface area contributed by atoms with E-state index in [1.807, 2.05) is 34.0 Å². The number of carbonyl (C=O) groups is 1. The van der Waals surface area contributed by atoms with Crippen molar-refractivity contribution in [2.24, 2.45) is 4.99 Å². The standard InChI is InChI=1S/C13H21N3O/c1-9(2)12-11(16(5)13(17)15-12)7-6-8-14-10(3)4/h8,10H,1,6-7H2,2-5H3,(H,15,17)/p+1. The second-order valence-electron chi connectivity index (χ2n) is 4.65. The average molecular weight is 236 g/mol. The minimum Gasteiger partial charge on any atom is -0.295 e. The third-order valence-electron chi connectivity index (χ3n) is 2.69.